The lowest BCUT2D eigenvalue weighted by atomic mass is 9.96. The van der Waals surface area contributed by atoms with Crippen molar-refractivity contribution in [3.8, 4) is 45.2 Å². The number of hydrogen-bond donors (Lipinski definition) is 1. The molecule has 1 saturated heterocycles. The molecule has 1 fully saturated rings. The predicted octanol–water partition coefficient (Wildman–Crippen LogP) is 6.94. The second kappa shape index (κ2) is 9.07. The van der Waals surface area contributed by atoms with E-state index < -0.39 is 0 Å². The second-order valence-corrected chi connectivity index (χ2v) is 8.11. The van der Waals surface area contributed by atoms with Gasteiger partial charge in [0.05, 0.1) is 17.2 Å². The van der Waals surface area contributed by atoms with E-state index in [0.29, 0.717) is 16.5 Å². The standard InChI is InChI=1S/C26H22ClNO4/c27-22-6-2-1-5-21(22)25-24(17-8-12-19(29)13-9-17)26(32-28-25)18-10-14-20(15-11-18)31-23-7-3-4-16-30-23/h1-2,5-6,8-15,23,29H,3-4,7,16H2. The van der Waals surface area contributed by atoms with Crippen molar-refractivity contribution < 1.29 is 19.1 Å². The monoisotopic (exact) mass is 447 g/mol. The van der Waals surface area contributed by atoms with Gasteiger partial charge in [-0.05, 0) is 60.9 Å². The number of rotatable bonds is 5. The summed E-state index contributed by atoms with van der Waals surface area (Å²) in [5.74, 6) is 1.56. The van der Waals surface area contributed by atoms with Crippen LogP contribution < -0.4 is 4.74 Å². The van der Waals surface area contributed by atoms with Gasteiger partial charge in [-0.3, -0.25) is 0 Å². The van der Waals surface area contributed by atoms with Crippen molar-refractivity contribution in [3.63, 3.8) is 0 Å². The van der Waals surface area contributed by atoms with Crippen LogP contribution in [0.1, 0.15) is 19.3 Å². The van der Waals surface area contributed by atoms with Crippen molar-refractivity contribution >= 4 is 11.6 Å². The number of halogens is 1. The maximum Gasteiger partial charge on any atom is 0.199 e. The molecule has 1 unspecified atom stereocenters. The van der Waals surface area contributed by atoms with Gasteiger partial charge in [0.15, 0.2) is 12.1 Å². The van der Waals surface area contributed by atoms with Gasteiger partial charge < -0.3 is 19.1 Å². The first-order chi connectivity index (χ1) is 15.7. The largest absolute Gasteiger partial charge is 0.508 e. The van der Waals surface area contributed by atoms with Gasteiger partial charge in [-0.25, -0.2) is 0 Å². The van der Waals surface area contributed by atoms with Crippen LogP contribution in [-0.4, -0.2) is 23.2 Å². The van der Waals surface area contributed by atoms with Gasteiger partial charge >= 0.3 is 0 Å². The Kier molecular flexibility index (Phi) is 5.84. The summed E-state index contributed by atoms with van der Waals surface area (Å²) in [6.07, 6.45) is 2.90. The summed E-state index contributed by atoms with van der Waals surface area (Å²) >= 11 is 6.46. The number of phenolic OH excluding ortho intramolecular Hbond substituents is 1. The Hall–Kier alpha value is -3.28. The number of aromatic nitrogens is 1. The molecule has 0 saturated carbocycles. The topological polar surface area (TPSA) is 64.7 Å². The predicted molar refractivity (Wildman–Crippen MR) is 124 cm³/mol. The fourth-order valence-electron chi connectivity index (χ4n) is 3.86. The number of nitrogens with zero attached hydrogens (tertiary/aromatic N) is 1. The van der Waals surface area contributed by atoms with Crippen LogP contribution in [0.15, 0.2) is 77.3 Å². The average Bonchev–Trinajstić information content (AvgIpc) is 3.26. The van der Waals surface area contributed by atoms with Gasteiger partial charge in [-0.2, -0.15) is 0 Å². The first-order valence-corrected chi connectivity index (χ1v) is 11.0. The van der Waals surface area contributed by atoms with Crippen LogP contribution in [0.3, 0.4) is 0 Å². The summed E-state index contributed by atoms with van der Waals surface area (Å²) in [5, 5.41) is 14.7. The van der Waals surface area contributed by atoms with Crippen LogP contribution >= 0.6 is 11.6 Å². The summed E-state index contributed by atoms with van der Waals surface area (Å²) < 4.78 is 17.4. The summed E-state index contributed by atoms with van der Waals surface area (Å²) in [6.45, 7) is 0.738. The zero-order chi connectivity index (χ0) is 21.9. The van der Waals surface area contributed by atoms with Gasteiger partial charge in [0.25, 0.3) is 0 Å². The van der Waals surface area contributed by atoms with E-state index in [0.717, 1.165) is 53.9 Å². The smallest absolute Gasteiger partial charge is 0.199 e. The fraction of sp³-hybridized carbons (Fsp3) is 0.192. The zero-order valence-electron chi connectivity index (χ0n) is 17.3. The van der Waals surface area contributed by atoms with Crippen LogP contribution in [0.25, 0.3) is 33.7 Å². The summed E-state index contributed by atoms with van der Waals surface area (Å²) in [7, 11) is 0. The van der Waals surface area contributed by atoms with Crippen molar-refractivity contribution in [2.45, 2.75) is 25.6 Å². The van der Waals surface area contributed by atoms with Crippen LogP contribution in [0.2, 0.25) is 5.02 Å². The molecule has 1 aliphatic heterocycles. The Morgan fingerprint density at radius 3 is 2.38 bits per heavy atom. The van der Waals surface area contributed by atoms with Crippen LogP contribution in [0, 0.1) is 0 Å². The van der Waals surface area contributed by atoms with Crippen molar-refractivity contribution in [2.24, 2.45) is 0 Å². The molecular weight excluding hydrogens is 426 g/mol. The third-order valence-corrected chi connectivity index (χ3v) is 5.83. The maximum atomic E-state index is 9.75. The minimum absolute atomic E-state index is 0.192. The van der Waals surface area contributed by atoms with Crippen molar-refractivity contribution in [2.75, 3.05) is 6.61 Å². The third kappa shape index (κ3) is 4.22. The van der Waals surface area contributed by atoms with E-state index in [1.165, 1.54) is 0 Å². The highest BCUT2D eigenvalue weighted by atomic mass is 35.5. The lowest BCUT2D eigenvalue weighted by Gasteiger charge is -2.23. The molecule has 1 atom stereocenters. The number of aromatic hydroxyl groups is 1. The molecule has 32 heavy (non-hydrogen) atoms. The molecule has 6 heteroatoms. The Balaban J connectivity index is 1.54. The highest BCUT2D eigenvalue weighted by molar-refractivity contribution is 6.33. The van der Waals surface area contributed by atoms with E-state index in [1.54, 1.807) is 12.1 Å². The molecule has 0 radical (unpaired) electrons. The van der Waals surface area contributed by atoms with E-state index in [-0.39, 0.29) is 12.0 Å². The van der Waals surface area contributed by atoms with Crippen molar-refractivity contribution in [3.05, 3.63) is 77.8 Å². The van der Waals surface area contributed by atoms with Gasteiger partial charge in [-0.15, -0.1) is 0 Å². The van der Waals surface area contributed by atoms with Gasteiger partial charge in [-0.1, -0.05) is 47.1 Å². The Morgan fingerprint density at radius 1 is 0.906 bits per heavy atom. The van der Waals surface area contributed by atoms with Gasteiger partial charge in [0.2, 0.25) is 0 Å². The number of benzene rings is 3. The molecule has 0 amide bonds. The Labute approximate surface area is 191 Å². The SMILES string of the molecule is Oc1ccc(-c2c(-c3ccccc3Cl)noc2-c2ccc(OC3CCCCO3)cc2)cc1. The van der Waals surface area contributed by atoms with E-state index in [1.807, 2.05) is 60.7 Å². The molecule has 162 valence electrons. The van der Waals surface area contributed by atoms with Gasteiger partial charge in [0, 0.05) is 17.5 Å². The van der Waals surface area contributed by atoms with E-state index in [4.69, 9.17) is 25.6 Å². The fourth-order valence-corrected chi connectivity index (χ4v) is 4.09. The quantitative estimate of drug-likeness (QED) is 0.359. The number of phenols is 1. The van der Waals surface area contributed by atoms with Crippen LogP contribution in [-0.2, 0) is 4.74 Å². The van der Waals surface area contributed by atoms with Crippen LogP contribution in [0.4, 0.5) is 0 Å². The molecule has 1 aromatic heterocycles. The average molecular weight is 448 g/mol. The van der Waals surface area contributed by atoms with E-state index >= 15 is 0 Å². The summed E-state index contributed by atoms with van der Waals surface area (Å²) in [5.41, 5.74) is 3.96. The van der Waals surface area contributed by atoms with Crippen LogP contribution in [0.5, 0.6) is 11.5 Å². The Morgan fingerprint density at radius 2 is 1.66 bits per heavy atom. The third-order valence-electron chi connectivity index (χ3n) is 5.50. The minimum atomic E-state index is -0.195. The molecule has 0 aliphatic carbocycles. The lowest BCUT2D eigenvalue weighted by Crippen LogP contribution is -2.24. The molecule has 2 heterocycles. The normalized spacial score (nSPS) is 16.1. The summed E-state index contributed by atoms with van der Waals surface area (Å²) in [6, 6.07) is 22.2. The first-order valence-electron chi connectivity index (χ1n) is 10.6. The lowest BCUT2D eigenvalue weighted by molar-refractivity contribution is -0.105. The highest BCUT2D eigenvalue weighted by Crippen LogP contribution is 2.42. The molecular formula is C26H22ClNO4. The number of ether oxygens (including phenoxy) is 2. The Bertz CT molecular complexity index is 1200. The minimum Gasteiger partial charge on any atom is -0.508 e. The molecule has 0 spiro atoms. The molecule has 1 aliphatic rings. The van der Waals surface area contributed by atoms with Crippen molar-refractivity contribution in [1.82, 2.24) is 5.16 Å². The van der Waals surface area contributed by atoms with Gasteiger partial charge in [0.1, 0.15) is 17.2 Å². The molecule has 1 N–H and O–H groups in total. The molecule has 3 aromatic carbocycles. The number of hydrogen-bond acceptors (Lipinski definition) is 5. The van der Waals surface area contributed by atoms with E-state index in [9.17, 15) is 5.11 Å². The molecule has 5 rings (SSSR count). The highest BCUT2D eigenvalue weighted by Gasteiger charge is 2.22. The molecule has 4 aromatic rings. The zero-order valence-corrected chi connectivity index (χ0v) is 18.1. The first kappa shape index (κ1) is 20.6. The summed E-state index contributed by atoms with van der Waals surface area (Å²) in [4.78, 5) is 0. The molecule has 0 bridgehead atoms. The second-order valence-electron chi connectivity index (χ2n) is 7.70. The maximum absolute atomic E-state index is 9.75. The van der Waals surface area contributed by atoms with E-state index in [2.05, 4.69) is 5.16 Å². The molecule has 5 nitrogen and oxygen atoms in total. The van der Waals surface area contributed by atoms with Crippen molar-refractivity contribution in [1.29, 1.82) is 0 Å².